The summed E-state index contributed by atoms with van der Waals surface area (Å²) in [6.45, 7) is 6.41. The molecule has 1 N–H and O–H groups in total. The zero-order valence-corrected chi connectivity index (χ0v) is 10.6. The minimum absolute atomic E-state index is 0.536. The zero-order chi connectivity index (χ0) is 11.8. The van der Waals surface area contributed by atoms with Gasteiger partial charge in [0.1, 0.15) is 12.4 Å². The molecule has 0 aliphatic carbocycles. The van der Waals surface area contributed by atoms with E-state index < -0.39 is 0 Å². The van der Waals surface area contributed by atoms with Gasteiger partial charge in [-0.15, -0.1) is 0 Å². The Balaban J connectivity index is 2.53. The molecule has 16 heavy (non-hydrogen) atoms. The molecule has 2 nitrogen and oxygen atoms in total. The molecule has 3 heteroatoms. The Morgan fingerprint density at radius 3 is 3.00 bits per heavy atom. The van der Waals surface area contributed by atoms with Crippen molar-refractivity contribution in [1.82, 2.24) is 5.32 Å². The lowest BCUT2D eigenvalue weighted by molar-refractivity contribution is 0.352. The predicted molar refractivity (Wildman–Crippen MR) is 68.9 cm³/mol. The molecule has 88 valence electrons. The summed E-state index contributed by atoms with van der Waals surface area (Å²) in [4.78, 5) is 0. The van der Waals surface area contributed by atoms with Crippen molar-refractivity contribution in [3.63, 3.8) is 0 Å². The minimum atomic E-state index is 0.536. The van der Waals surface area contributed by atoms with Crippen molar-refractivity contribution < 1.29 is 4.74 Å². The van der Waals surface area contributed by atoms with Crippen molar-refractivity contribution >= 4 is 11.6 Å². The SMILES string of the molecule is CCNCc1cccc(OC/C(C)=C/Cl)c1. The second-order valence-corrected chi connectivity index (χ2v) is 3.89. The molecular weight excluding hydrogens is 222 g/mol. The molecule has 0 saturated carbocycles. The van der Waals surface area contributed by atoms with Crippen LogP contribution in [0.3, 0.4) is 0 Å². The first kappa shape index (κ1) is 13.1. The Morgan fingerprint density at radius 2 is 2.31 bits per heavy atom. The zero-order valence-electron chi connectivity index (χ0n) is 9.79. The molecule has 1 aromatic carbocycles. The van der Waals surface area contributed by atoms with Crippen LogP contribution in [0.2, 0.25) is 0 Å². The largest absolute Gasteiger partial charge is 0.489 e. The topological polar surface area (TPSA) is 21.3 Å². The molecule has 0 aliphatic rings. The molecule has 0 heterocycles. The van der Waals surface area contributed by atoms with Gasteiger partial charge in [0.25, 0.3) is 0 Å². The Hall–Kier alpha value is -0.990. The highest BCUT2D eigenvalue weighted by molar-refractivity contribution is 6.25. The number of ether oxygens (including phenoxy) is 1. The van der Waals surface area contributed by atoms with E-state index in [2.05, 4.69) is 18.3 Å². The van der Waals surface area contributed by atoms with Crippen molar-refractivity contribution in [3.05, 3.63) is 40.9 Å². The van der Waals surface area contributed by atoms with Gasteiger partial charge in [-0.05, 0) is 36.7 Å². The van der Waals surface area contributed by atoms with Crippen LogP contribution in [0.5, 0.6) is 5.75 Å². The standard InChI is InChI=1S/C13H18ClNO/c1-3-15-9-12-5-4-6-13(7-12)16-10-11(2)8-14/h4-8,15H,3,9-10H2,1-2H3/b11-8+. The van der Waals surface area contributed by atoms with E-state index in [0.717, 1.165) is 24.4 Å². The molecule has 0 fully saturated rings. The Morgan fingerprint density at radius 1 is 1.50 bits per heavy atom. The van der Waals surface area contributed by atoms with E-state index in [-0.39, 0.29) is 0 Å². The number of halogens is 1. The van der Waals surface area contributed by atoms with Crippen molar-refractivity contribution in [2.75, 3.05) is 13.2 Å². The lowest BCUT2D eigenvalue weighted by atomic mass is 10.2. The predicted octanol–water partition coefficient (Wildman–Crippen LogP) is 3.32. The second kappa shape index (κ2) is 7.31. The molecule has 0 amide bonds. The quantitative estimate of drug-likeness (QED) is 0.822. The van der Waals surface area contributed by atoms with Crippen LogP contribution < -0.4 is 10.1 Å². The maximum absolute atomic E-state index is 5.60. The van der Waals surface area contributed by atoms with Gasteiger partial charge < -0.3 is 10.1 Å². The summed E-state index contributed by atoms with van der Waals surface area (Å²) in [6.07, 6.45) is 0. The van der Waals surface area contributed by atoms with Gasteiger partial charge in [0.15, 0.2) is 0 Å². The fourth-order valence-corrected chi connectivity index (χ4v) is 1.31. The molecular formula is C13H18ClNO. The smallest absolute Gasteiger partial charge is 0.120 e. The molecule has 0 aromatic heterocycles. The fourth-order valence-electron chi connectivity index (χ4n) is 1.24. The molecule has 0 aliphatic heterocycles. The highest BCUT2D eigenvalue weighted by Gasteiger charge is 1.97. The summed E-state index contributed by atoms with van der Waals surface area (Å²) < 4.78 is 5.60. The van der Waals surface area contributed by atoms with Crippen molar-refractivity contribution in [3.8, 4) is 5.75 Å². The van der Waals surface area contributed by atoms with Crippen LogP contribution in [0.4, 0.5) is 0 Å². The molecule has 1 aromatic rings. The molecule has 0 radical (unpaired) electrons. The van der Waals surface area contributed by atoms with Crippen LogP contribution in [0.1, 0.15) is 19.4 Å². The third kappa shape index (κ3) is 4.69. The fraction of sp³-hybridized carbons (Fsp3) is 0.385. The summed E-state index contributed by atoms with van der Waals surface area (Å²) >= 11 is 5.57. The van der Waals surface area contributed by atoms with E-state index in [1.54, 1.807) is 5.54 Å². The average Bonchev–Trinajstić information content (AvgIpc) is 2.34. The lowest BCUT2D eigenvalue weighted by Gasteiger charge is -2.08. The van der Waals surface area contributed by atoms with Crippen LogP contribution in [0.15, 0.2) is 35.4 Å². The summed E-state index contributed by atoms with van der Waals surface area (Å²) in [7, 11) is 0. The maximum atomic E-state index is 5.60. The summed E-state index contributed by atoms with van der Waals surface area (Å²) in [5.74, 6) is 0.883. The van der Waals surface area contributed by atoms with Gasteiger partial charge in [0, 0.05) is 12.1 Å². The lowest BCUT2D eigenvalue weighted by Crippen LogP contribution is -2.11. The third-order valence-electron chi connectivity index (χ3n) is 2.13. The van der Waals surface area contributed by atoms with Gasteiger partial charge >= 0.3 is 0 Å². The van der Waals surface area contributed by atoms with Gasteiger partial charge in [-0.1, -0.05) is 30.7 Å². The first-order chi connectivity index (χ1) is 7.76. The van der Waals surface area contributed by atoms with Crippen LogP contribution >= 0.6 is 11.6 Å². The summed E-state index contributed by atoms with van der Waals surface area (Å²) in [5.41, 5.74) is 3.79. The van der Waals surface area contributed by atoms with Crippen molar-refractivity contribution in [2.24, 2.45) is 0 Å². The molecule has 0 bridgehead atoms. The number of benzene rings is 1. The van der Waals surface area contributed by atoms with Crippen molar-refractivity contribution in [1.29, 1.82) is 0 Å². The number of hydrogen-bond donors (Lipinski definition) is 1. The summed E-state index contributed by atoms with van der Waals surface area (Å²) in [5, 5.41) is 3.28. The van der Waals surface area contributed by atoms with E-state index in [0.29, 0.717) is 6.61 Å². The van der Waals surface area contributed by atoms with E-state index in [9.17, 15) is 0 Å². The Labute approximate surface area is 102 Å². The molecule has 0 saturated heterocycles. The maximum Gasteiger partial charge on any atom is 0.120 e. The Kier molecular flexibility index (Phi) is 5.98. The van der Waals surface area contributed by atoms with E-state index in [1.165, 1.54) is 5.56 Å². The van der Waals surface area contributed by atoms with Gasteiger partial charge in [-0.2, -0.15) is 0 Å². The molecule has 1 rings (SSSR count). The van der Waals surface area contributed by atoms with Gasteiger partial charge in [-0.25, -0.2) is 0 Å². The average molecular weight is 240 g/mol. The van der Waals surface area contributed by atoms with Crippen molar-refractivity contribution in [2.45, 2.75) is 20.4 Å². The monoisotopic (exact) mass is 239 g/mol. The summed E-state index contributed by atoms with van der Waals surface area (Å²) in [6, 6.07) is 8.09. The normalized spacial score (nSPS) is 11.6. The van der Waals surface area contributed by atoms with E-state index >= 15 is 0 Å². The van der Waals surface area contributed by atoms with E-state index in [1.807, 2.05) is 25.1 Å². The number of nitrogens with one attached hydrogen (secondary N) is 1. The highest BCUT2D eigenvalue weighted by Crippen LogP contribution is 2.14. The van der Waals surface area contributed by atoms with Gasteiger partial charge in [0.05, 0.1) is 0 Å². The minimum Gasteiger partial charge on any atom is -0.489 e. The number of hydrogen-bond acceptors (Lipinski definition) is 2. The molecule has 0 unspecified atom stereocenters. The number of rotatable bonds is 6. The van der Waals surface area contributed by atoms with Crippen LogP contribution in [-0.4, -0.2) is 13.2 Å². The van der Waals surface area contributed by atoms with Crippen LogP contribution in [0, 0.1) is 0 Å². The molecule has 0 spiro atoms. The highest BCUT2D eigenvalue weighted by atomic mass is 35.5. The van der Waals surface area contributed by atoms with Crippen LogP contribution in [-0.2, 0) is 6.54 Å². The second-order valence-electron chi connectivity index (χ2n) is 3.67. The van der Waals surface area contributed by atoms with Crippen LogP contribution in [0.25, 0.3) is 0 Å². The molecule has 0 atom stereocenters. The first-order valence-electron chi connectivity index (χ1n) is 5.44. The third-order valence-corrected chi connectivity index (χ3v) is 2.50. The Bertz CT molecular complexity index is 350. The van der Waals surface area contributed by atoms with Gasteiger partial charge in [0.2, 0.25) is 0 Å². The van der Waals surface area contributed by atoms with E-state index in [4.69, 9.17) is 16.3 Å². The first-order valence-corrected chi connectivity index (χ1v) is 5.88. The van der Waals surface area contributed by atoms with Gasteiger partial charge in [-0.3, -0.25) is 0 Å².